The van der Waals surface area contributed by atoms with Crippen molar-refractivity contribution in [2.24, 2.45) is 17.8 Å². The van der Waals surface area contributed by atoms with Crippen LogP contribution in [0.1, 0.15) is 50.4 Å². The number of ether oxygens (including phenoxy) is 1. The quantitative estimate of drug-likeness (QED) is 0.691. The van der Waals surface area contributed by atoms with Crippen LogP contribution in [0.5, 0.6) is 0 Å². The molecule has 0 aliphatic carbocycles. The van der Waals surface area contributed by atoms with Gasteiger partial charge in [-0.3, -0.25) is 14.4 Å². The molecule has 4 atom stereocenters. The number of nitrogens with one attached hydrogen (secondary N) is 1. The van der Waals surface area contributed by atoms with E-state index in [1.54, 1.807) is 21.6 Å². The Balaban J connectivity index is 1.77. The van der Waals surface area contributed by atoms with Gasteiger partial charge in [0.2, 0.25) is 11.8 Å². The molecule has 174 valence electrons. The summed E-state index contributed by atoms with van der Waals surface area (Å²) in [4.78, 5) is 41.7. The van der Waals surface area contributed by atoms with Crippen molar-refractivity contribution >= 4 is 17.9 Å². The number of aliphatic hydroxyl groups excluding tert-OH is 1. The van der Waals surface area contributed by atoms with Gasteiger partial charge in [0, 0.05) is 61.9 Å². The van der Waals surface area contributed by atoms with E-state index < -0.39 is 18.0 Å². The van der Waals surface area contributed by atoms with Gasteiger partial charge < -0.3 is 24.6 Å². The Morgan fingerprint density at radius 1 is 1.28 bits per heavy atom. The topological polar surface area (TPSA) is 101 Å². The van der Waals surface area contributed by atoms with E-state index in [0.717, 1.165) is 12.1 Å². The van der Waals surface area contributed by atoms with Crippen LogP contribution >= 0.6 is 0 Å². The van der Waals surface area contributed by atoms with Gasteiger partial charge in [-0.05, 0) is 38.3 Å². The highest BCUT2D eigenvalue weighted by Gasteiger charge is 2.57. The van der Waals surface area contributed by atoms with Gasteiger partial charge in [-0.15, -0.1) is 0 Å². The van der Waals surface area contributed by atoms with Crippen molar-refractivity contribution in [2.45, 2.75) is 51.7 Å². The maximum absolute atomic E-state index is 13.8. The number of rotatable bonds is 6. The fraction of sp³-hybridized carbons (Fsp3) is 0.625. The molecule has 32 heavy (non-hydrogen) atoms. The van der Waals surface area contributed by atoms with Gasteiger partial charge >= 0.3 is 0 Å². The Morgan fingerprint density at radius 2 is 2.03 bits per heavy atom. The van der Waals surface area contributed by atoms with Gasteiger partial charge in [-0.1, -0.05) is 19.1 Å². The standard InChI is InChI=1S/C24H33N3O5/c1-3-5-15-6-7-19-20-17(13-26(19)23(15)30)18(14-28)21(22(29)25-10-4-2)27(20)24(31)16-8-11-32-12-9-16/h3,5-7,16-18,20-21,28H,4,8-14H2,1-2H3,(H,25,29)/b5-3+/t17-,18-,20+,21-/m0/s1. The second kappa shape index (κ2) is 9.58. The molecule has 2 N–H and O–H groups in total. The van der Waals surface area contributed by atoms with E-state index in [-0.39, 0.29) is 35.8 Å². The van der Waals surface area contributed by atoms with Crippen LogP contribution < -0.4 is 10.9 Å². The normalized spacial score (nSPS) is 27.5. The Hall–Kier alpha value is -2.45. The van der Waals surface area contributed by atoms with Crippen molar-refractivity contribution in [3.05, 3.63) is 39.8 Å². The summed E-state index contributed by atoms with van der Waals surface area (Å²) in [5.74, 6) is -1.12. The number of hydrogen-bond acceptors (Lipinski definition) is 5. The van der Waals surface area contributed by atoms with Gasteiger partial charge in [0.15, 0.2) is 0 Å². The Labute approximate surface area is 188 Å². The minimum absolute atomic E-state index is 0.0747. The lowest BCUT2D eigenvalue weighted by Gasteiger charge is -2.34. The SMILES string of the molecule is C/C=C/c1ccc2n(c1=O)C[C@H]1[C@H](CO)[C@@H](C(=O)NCCC)N(C(=O)C3CCOCC3)[C@@H]21. The van der Waals surface area contributed by atoms with Crippen LogP contribution in [0.4, 0.5) is 0 Å². The van der Waals surface area contributed by atoms with Gasteiger partial charge in [0.05, 0.1) is 6.04 Å². The highest BCUT2D eigenvalue weighted by Crippen LogP contribution is 2.50. The number of amides is 2. The highest BCUT2D eigenvalue weighted by atomic mass is 16.5. The van der Waals surface area contributed by atoms with Crippen LogP contribution in [0.25, 0.3) is 6.08 Å². The summed E-state index contributed by atoms with van der Waals surface area (Å²) in [6.07, 6.45) is 5.62. The van der Waals surface area contributed by atoms with Gasteiger partial charge in [0.1, 0.15) is 6.04 Å². The summed E-state index contributed by atoms with van der Waals surface area (Å²) in [6.45, 7) is 5.59. The molecule has 2 fully saturated rings. The summed E-state index contributed by atoms with van der Waals surface area (Å²) in [6, 6.07) is 2.54. The van der Waals surface area contributed by atoms with Crippen LogP contribution in [-0.2, 0) is 20.9 Å². The number of allylic oxidation sites excluding steroid dienone is 1. The first-order chi connectivity index (χ1) is 15.5. The molecule has 3 aliphatic rings. The maximum atomic E-state index is 13.8. The lowest BCUT2D eigenvalue weighted by atomic mass is 9.88. The minimum atomic E-state index is -0.740. The molecule has 0 aromatic carbocycles. The molecule has 4 rings (SSSR count). The predicted molar refractivity (Wildman–Crippen MR) is 120 cm³/mol. The van der Waals surface area contributed by atoms with E-state index in [0.29, 0.717) is 44.7 Å². The first-order valence-corrected chi connectivity index (χ1v) is 11.7. The largest absolute Gasteiger partial charge is 0.396 e. The maximum Gasteiger partial charge on any atom is 0.258 e. The average molecular weight is 444 g/mol. The molecule has 0 unspecified atom stereocenters. The molecule has 8 heteroatoms. The van der Waals surface area contributed by atoms with Crippen molar-refractivity contribution in [1.29, 1.82) is 0 Å². The smallest absolute Gasteiger partial charge is 0.258 e. The van der Waals surface area contributed by atoms with Crippen molar-refractivity contribution < 1.29 is 19.4 Å². The van der Waals surface area contributed by atoms with E-state index in [2.05, 4.69) is 5.32 Å². The summed E-state index contributed by atoms with van der Waals surface area (Å²) < 4.78 is 7.16. The zero-order valence-electron chi connectivity index (χ0n) is 18.8. The lowest BCUT2D eigenvalue weighted by Crippen LogP contribution is -2.52. The van der Waals surface area contributed by atoms with E-state index in [1.807, 2.05) is 26.0 Å². The molecule has 1 aromatic heterocycles. The summed E-state index contributed by atoms with van der Waals surface area (Å²) in [5, 5.41) is 13.2. The number of aromatic nitrogens is 1. The fourth-order valence-corrected chi connectivity index (χ4v) is 5.56. The van der Waals surface area contributed by atoms with Crippen molar-refractivity contribution in [3.8, 4) is 0 Å². The molecule has 2 saturated heterocycles. The summed E-state index contributed by atoms with van der Waals surface area (Å²) in [7, 11) is 0. The first-order valence-electron chi connectivity index (χ1n) is 11.7. The number of pyridine rings is 1. The van der Waals surface area contributed by atoms with E-state index in [9.17, 15) is 19.5 Å². The average Bonchev–Trinajstić information content (AvgIpc) is 3.34. The molecule has 4 heterocycles. The molecule has 2 amide bonds. The van der Waals surface area contributed by atoms with Crippen LogP contribution in [0.3, 0.4) is 0 Å². The van der Waals surface area contributed by atoms with Crippen molar-refractivity contribution in [3.63, 3.8) is 0 Å². The number of carbonyl (C=O) groups excluding carboxylic acids is 2. The summed E-state index contributed by atoms with van der Waals surface area (Å²) in [5.41, 5.74) is 1.24. The van der Waals surface area contributed by atoms with Gasteiger partial charge in [-0.2, -0.15) is 0 Å². The number of aliphatic hydroxyl groups is 1. The van der Waals surface area contributed by atoms with E-state index in [4.69, 9.17) is 4.74 Å². The van der Waals surface area contributed by atoms with Crippen LogP contribution in [0, 0.1) is 17.8 Å². The van der Waals surface area contributed by atoms with E-state index in [1.165, 1.54) is 0 Å². The van der Waals surface area contributed by atoms with Crippen LogP contribution in [-0.4, -0.2) is 58.8 Å². The zero-order valence-corrected chi connectivity index (χ0v) is 18.8. The van der Waals surface area contributed by atoms with Crippen molar-refractivity contribution in [2.75, 3.05) is 26.4 Å². The predicted octanol–water partition coefficient (Wildman–Crippen LogP) is 1.32. The minimum Gasteiger partial charge on any atom is -0.396 e. The molecule has 8 nitrogen and oxygen atoms in total. The molecule has 3 aliphatic heterocycles. The molecule has 0 bridgehead atoms. The third-order valence-corrected chi connectivity index (χ3v) is 7.09. The van der Waals surface area contributed by atoms with E-state index >= 15 is 0 Å². The number of nitrogens with zero attached hydrogens (tertiary/aromatic N) is 2. The number of carbonyl (C=O) groups is 2. The molecule has 0 saturated carbocycles. The molecular weight excluding hydrogens is 410 g/mol. The number of fused-ring (bicyclic) bond motifs is 3. The second-order valence-corrected chi connectivity index (χ2v) is 8.95. The monoisotopic (exact) mass is 443 g/mol. The molecular formula is C24H33N3O5. The molecule has 0 radical (unpaired) electrons. The van der Waals surface area contributed by atoms with Gasteiger partial charge in [-0.25, -0.2) is 0 Å². The highest BCUT2D eigenvalue weighted by molar-refractivity contribution is 5.90. The fourth-order valence-electron chi connectivity index (χ4n) is 5.56. The summed E-state index contributed by atoms with van der Waals surface area (Å²) >= 11 is 0. The van der Waals surface area contributed by atoms with Gasteiger partial charge in [0.25, 0.3) is 5.56 Å². The lowest BCUT2D eigenvalue weighted by molar-refractivity contribution is -0.147. The van der Waals surface area contributed by atoms with Crippen LogP contribution in [0.2, 0.25) is 0 Å². The zero-order chi connectivity index (χ0) is 22.8. The Kier molecular flexibility index (Phi) is 6.81. The number of likely N-dealkylation sites (tertiary alicyclic amines) is 1. The number of hydrogen-bond donors (Lipinski definition) is 2. The third-order valence-electron chi connectivity index (χ3n) is 7.09. The second-order valence-electron chi connectivity index (χ2n) is 8.95. The Morgan fingerprint density at radius 3 is 2.69 bits per heavy atom. The first kappa shape index (κ1) is 22.7. The van der Waals surface area contributed by atoms with Crippen molar-refractivity contribution in [1.82, 2.24) is 14.8 Å². The van der Waals surface area contributed by atoms with Crippen LogP contribution in [0.15, 0.2) is 23.0 Å². The molecule has 0 spiro atoms. The Bertz CT molecular complexity index is 949. The molecule has 1 aromatic rings. The third kappa shape index (κ3) is 3.79.